The molecule has 0 saturated carbocycles. The van der Waals surface area contributed by atoms with Crippen LogP contribution < -0.4 is 31.3 Å². The molecule has 422 valence electrons. The maximum atomic E-state index is 12.0. The van der Waals surface area contributed by atoms with E-state index in [1.165, 1.54) is 0 Å². The number of rotatable bonds is 30. The van der Waals surface area contributed by atoms with Crippen LogP contribution in [0.2, 0.25) is 0 Å². The molecular weight excluding hydrogens is 1130 g/mol. The van der Waals surface area contributed by atoms with E-state index in [1.807, 2.05) is 0 Å². The summed E-state index contributed by atoms with van der Waals surface area (Å²) in [5, 5.41) is 41.6. The summed E-state index contributed by atoms with van der Waals surface area (Å²) in [6.07, 6.45) is 23.4. The van der Waals surface area contributed by atoms with E-state index in [9.17, 15) is 44.1 Å². The Balaban J connectivity index is 0.00000106. The summed E-state index contributed by atoms with van der Waals surface area (Å²) in [6.45, 7) is 25.8. The zero-order chi connectivity index (χ0) is 54.7. The SMILES string of the molecule is CC1(C)CC(OC(=O)CCCCCCCCC(=O)[O-])CC(C)(C)N1.CC1(C)CC(OC(=O)CCCCCCCCC(=O)[O-])CC(C)(C)N1.CC1(C)CC(OC(=O)CCCCCCCCC(=O)[O-])CC(C)(C)N1.[Bi+3]. The molecule has 0 aromatic carbocycles. The molecule has 2 radical (unpaired) electrons. The van der Waals surface area contributed by atoms with Crippen LogP contribution >= 0.6 is 0 Å². The van der Waals surface area contributed by atoms with E-state index in [-0.39, 0.29) is 115 Å². The Hall–Kier alpha value is -2.42. The number of hydrogen-bond acceptors (Lipinski definition) is 15. The van der Waals surface area contributed by atoms with Gasteiger partial charge in [-0.15, -0.1) is 0 Å². The smallest absolute Gasteiger partial charge is 0.550 e. The second-order valence-electron chi connectivity index (χ2n) is 25.2. The Bertz CT molecular complexity index is 1400. The Morgan fingerprint density at radius 3 is 0.630 bits per heavy atom. The zero-order valence-corrected chi connectivity index (χ0v) is 51.3. The van der Waals surface area contributed by atoms with Crippen molar-refractivity contribution in [3.05, 3.63) is 0 Å². The minimum absolute atomic E-state index is 0. The van der Waals surface area contributed by atoms with Crippen LogP contribution in [0.3, 0.4) is 0 Å². The average molecular weight is 1230 g/mol. The summed E-state index contributed by atoms with van der Waals surface area (Å²) in [5.74, 6) is -3.19. The van der Waals surface area contributed by atoms with Gasteiger partial charge in [-0.3, -0.25) is 14.4 Å². The molecule has 3 rings (SSSR count). The summed E-state index contributed by atoms with van der Waals surface area (Å²) in [4.78, 5) is 66.9. The Kier molecular flexibility index (Phi) is 33.9. The van der Waals surface area contributed by atoms with Crippen molar-refractivity contribution >= 4 is 62.0 Å². The average Bonchev–Trinajstić information content (AvgIpc) is 3.17. The monoisotopic (exact) mass is 1230 g/mol. The molecule has 0 bridgehead atoms. The van der Waals surface area contributed by atoms with Gasteiger partial charge in [-0.1, -0.05) is 77.0 Å². The van der Waals surface area contributed by atoms with Crippen LogP contribution in [-0.4, -0.2) is 114 Å². The summed E-state index contributed by atoms with van der Waals surface area (Å²) < 4.78 is 17.0. The van der Waals surface area contributed by atoms with Crippen molar-refractivity contribution in [1.82, 2.24) is 16.0 Å². The van der Waals surface area contributed by atoms with Crippen molar-refractivity contribution in [2.24, 2.45) is 0 Å². The molecule has 0 aliphatic carbocycles. The van der Waals surface area contributed by atoms with Gasteiger partial charge in [0.1, 0.15) is 18.3 Å². The van der Waals surface area contributed by atoms with Gasteiger partial charge in [0.25, 0.3) is 0 Å². The minimum Gasteiger partial charge on any atom is -0.550 e. The third kappa shape index (κ3) is 38.7. The first-order chi connectivity index (χ1) is 33.3. The van der Waals surface area contributed by atoms with E-state index < -0.39 is 17.9 Å². The Morgan fingerprint density at radius 2 is 0.466 bits per heavy atom. The molecule has 0 unspecified atom stereocenters. The third-order valence-corrected chi connectivity index (χ3v) is 13.4. The molecule has 3 saturated heterocycles. The number of carboxylic acid groups (broad SMARTS) is 3. The normalized spacial score (nSPS) is 19.6. The van der Waals surface area contributed by atoms with Gasteiger partial charge >= 0.3 is 44.1 Å². The third-order valence-electron chi connectivity index (χ3n) is 13.4. The molecule has 3 aliphatic heterocycles. The van der Waals surface area contributed by atoms with Crippen molar-refractivity contribution in [3.63, 3.8) is 0 Å². The minimum atomic E-state index is -0.970. The standard InChI is InChI=1S/3C19H35NO4.Bi/c3*1-18(2)13-15(14-19(3,4)20-18)24-17(23)12-10-8-6-5-7-9-11-16(21)22;/h3*15,20H,5-14H2,1-4H3,(H,21,22);/q;;;+3/p-3. The summed E-state index contributed by atoms with van der Waals surface area (Å²) in [5.41, 5.74) is -0.0942. The molecule has 3 N–H and O–H groups in total. The molecule has 0 aromatic heterocycles. The van der Waals surface area contributed by atoms with Gasteiger partial charge in [0.05, 0.1) is 0 Å². The molecule has 0 spiro atoms. The largest absolute Gasteiger partial charge is 3.00 e. The van der Waals surface area contributed by atoms with Gasteiger partial charge in [0, 0.05) is 109 Å². The van der Waals surface area contributed by atoms with Gasteiger partial charge < -0.3 is 59.9 Å². The fourth-order valence-corrected chi connectivity index (χ4v) is 11.4. The maximum Gasteiger partial charge on any atom is 3.00 e. The van der Waals surface area contributed by atoms with Crippen molar-refractivity contribution in [2.75, 3.05) is 0 Å². The molecule has 0 atom stereocenters. The molecular formula is C57H102BiN3O12. The van der Waals surface area contributed by atoms with Crippen molar-refractivity contribution in [2.45, 2.75) is 327 Å². The molecule has 16 heteroatoms. The maximum absolute atomic E-state index is 12.0. The van der Waals surface area contributed by atoms with E-state index in [2.05, 4.69) is 99.0 Å². The summed E-state index contributed by atoms with van der Waals surface area (Å²) in [6, 6.07) is 0. The fourth-order valence-electron chi connectivity index (χ4n) is 11.4. The van der Waals surface area contributed by atoms with Crippen LogP contribution in [0.1, 0.15) is 276 Å². The first kappa shape index (κ1) is 70.6. The van der Waals surface area contributed by atoms with Crippen molar-refractivity contribution in [1.29, 1.82) is 0 Å². The predicted octanol–water partition coefficient (Wildman–Crippen LogP) is 7.75. The van der Waals surface area contributed by atoms with Crippen molar-refractivity contribution in [3.8, 4) is 0 Å². The van der Waals surface area contributed by atoms with Crippen LogP contribution in [0.25, 0.3) is 0 Å². The van der Waals surface area contributed by atoms with E-state index in [0.717, 1.165) is 135 Å². The number of hydrogen-bond donors (Lipinski definition) is 3. The number of carbonyl (C=O) groups excluding carboxylic acids is 6. The molecule has 0 aromatic rings. The van der Waals surface area contributed by atoms with Gasteiger partial charge in [0.2, 0.25) is 0 Å². The predicted molar refractivity (Wildman–Crippen MR) is 283 cm³/mol. The van der Waals surface area contributed by atoms with Crippen LogP contribution in [-0.2, 0) is 43.0 Å². The van der Waals surface area contributed by atoms with E-state index >= 15 is 0 Å². The van der Waals surface area contributed by atoms with E-state index in [1.54, 1.807) is 0 Å². The number of nitrogens with one attached hydrogen (secondary N) is 3. The molecule has 15 nitrogen and oxygen atoms in total. The van der Waals surface area contributed by atoms with Crippen LogP contribution in [0, 0.1) is 0 Å². The Morgan fingerprint density at radius 1 is 0.315 bits per heavy atom. The summed E-state index contributed by atoms with van der Waals surface area (Å²) in [7, 11) is 0. The number of ether oxygens (including phenoxy) is 3. The molecule has 3 heterocycles. The van der Waals surface area contributed by atoms with E-state index in [0.29, 0.717) is 38.5 Å². The number of esters is 3. The second-order valence-corrected chi connectivity index (χ2v) is 25.2. The van der Waals surface area contributed by atoms with Crippen molar-refractivity contribution < 1.29 is 58.3 Å². The van der Waals surface area contributed by atoms with Gasteiger partial charge in [-0.2, -0.15) is 0 Å². The topological polar surface area (TPSA) is 235 Å². The number of carboxylic acids is 3. The van der Waals surface area contributed by atoms with E-state index in [4.69, 9.17) is 14.2 Å². The number of carbonyl (C=O) groups is 6. The quantitative estimate of drug-likeness (QED) is 0.0270. The second kappa shape index (κ2) is 35.1. The van der Waals surface area contributed by atoms with Gasteiger partial charge in [-0.25, -0.2) is 0 Å². The van der Waals surface area contributed by atoms with Gasteiger partial charge in [-0.05, 0) is 141 Å². The van der Waals surface area contributed by atoms with Crippen LogP contribution in [0.4, 0.5) is 0 Å². The van der Waals surface area contributed by atoms with Gasteiger partial charge in [0.15, 0.2) is 0 Å². The molecule has 3 aliphatic rings. The molecule has 3 fully saturated rings. The number of piperidine rings is 3. The number of unbranched alkanes of at least 4 members (excludes halogenated alkanes) is 15. The van der Waals surface area contributed by atoms with Crippen LogP contribution in [0.5, 0.6) is 0 Å². The first-order valence-electron chi connectivity index (χ1n) is 27.8. The first-order valence-corrected chi connectivity index (χ1v) is 27.8. The molecule has 73 heavy (non-hydrogen) atoms. The Labute approximate surface area is 461 Å². The number of aliphatic carboxylic acids is 3. The fraction of sp³-hybridized carbons (Fsp3) is 0.895. The summed E-state index contributed by atoms with van der Waals surface area (Å²) >= 11 is 0. The zero-order valence-electron chi connectivity index (χ0n) is 47.8. The molecule has 0 amide bonds. The van der Waals surface area contributed by atoms with Crippen LogP contribution in [0.15, 0.2) is 0 Å².